The van der Waals surface area contributed by atoms with E-state index >= 15 is 0 Å². The van der Waals surface area contributed by atoms with E-state index in [4.69, 9.17) is 0 Å². The maximum Gasteiger partial charge on any atom is 0.277 e. The van der Waals surface area contributed by atoms with Crippen molar-refractivity contribution in [3.05, 3.63) is 29.8 Å². The van der Waals surface area contributed by atoms with Crippen molar-refractivity contribution in [2.75, 3.05) is 13.1 Å². The molecule has 0 bridgehead atoms. The van der Waals surface area contributed by atoms with Gasteiger partial charge < -0.3 is 10.4 Å². The van der Waals surface area contributed by atoms with E-state index < -0.39 is 5.92 Å². The first-order chi connectivity index (χ1) is 8.59. The lowest BCUT2D eigenvalue weighted by molar-refractivity contribution is -0.0323. The van der Waals surface area contributed by atoms with Gasteiger partial charge in [0.05, 0.1) is 5.56 Å². The van der Waals surface area contributed by atoms with Crippen molar-refractivity contribution in [2.24, 2.45) is 5.92 Å². The summed E-state index contributed by atoms with van der Waals surface area (Å²) in [5, 5.41) is 12.8. The van der Waals surface area contributed by atoms with Crippen LogP contribution in [0.3, 0.4) is 0 Å². The summed E-state index contributed by atoms with van der Waals surface area (Å²) in [4.78, 5) is 0. The Hall–Kier alpha value is -1.16. The van der Waals surface area contributed by atoms with E-state index in [-0.39, 0.29) is 23.7 Å². The third kappa shape index (κ3) is 3.19. The highest BCUT2D eigenvalue weighted by Gasteiger charge is 2.36. The van der Waals surface area contributed by atoms with Crippen molar-refractivity contribution in [3.8, 4) is 5.75 Å². The number of hydrogen-bond donors (Lipinski definition) is 2. The lowest BCUT2D eigenvalue weighted by Crippen LogP contribution is -2.20. The number of hydrogen-bond acceptors (Lipinski definition) is 2. The molecule has 1 saturated heterocycles. The zero-order valence-corrected chi connectivity index (χ0v) is 10.3. The highest BCUT2D eigenvalue weighted by atomic mass is 19.3. The van der Waals surface area contributed by atoms with Gasteiger partial charge in [0.15, 0.2) is 0 Å². The molecule has 1 aliphatic rings. The van der Waals surface area contributed by atoms with Gasteiger partial charge in [-0.15, -0.1) is 0 Å². The Morgan fingerprint density at radius 1 is 1.22 bits per heavy atom. The minimum absolute atomic E-state index is 0.0228. The molecule has 1 atom stereocenters. The molecule has 1 heterocycles. The molecule has 1 aliphatic heterocycles. The second-order valence-corrected chi connectivity index (χ2v) is 4.97. The average Bonchev–Trinajstić information content (AvgIpc) is 2.57. The summed E-state index contributed by atoms with van der Waals surface area (Å²) in [6.07, 6.45) is 2.38. The molecule has 2 nitrogen and oxygen atoms in total. The zero-order valence-electron chi connectivity index (χ0n) is 10.3. The number of para-hydroxylation sites is 1. The summed E-state index contributed by atoms with van der Waals surface area (Å²) >= 11 is 0. The second-order valence-electron chi connectivity index (χ2n) is 4.97. The third-order valence-corrected chi connectivity index (χ3v) is 3.54. The molecule has 1 unspecified atom stereocenters. The van der Waals surface area contributed by atoms with Gasteiger partial charge in [-0.25, -0.2) is 8.78 Å². The number of nitrogens with one attached hydrogen (secondary N) is 1. The van der Waals surface area contributed by atoms with Gasteiger partial charge in [0, 0.05) is 6.42 Å². The van der Waals surface area contributed by atoms with Crippen molar-refractivity contribution in [1.82, 2.24) is 5.32 Å². The Labute approximate surface area is 106 Å². The van der Waals surface area contributed by atoms with Crippen LogP contribution < -0.4 is 5.32 Å². The Morgan fingerprint density at radius 3 is 2.78 bits per heavy atom. The SMILES string of the molecule is Oc1ccccc1C(F)(F)CC1CCCNCC1. The Kier molecular flexibility index (Phi) is 4.17. The minimum atomic E-state index is -2.94. The lowest BCUT2D eigenvalue weighted by atomic mass is 9.90. The van der Waals surface area contributed by atoms with Crippen LogP contribution in [0.4, 0.5) is 8.78 Å². The maximum absolute atomic E-state index is 14.2. The van der Waals surface area contributed by atoms with E-state index in [1.54, 1.807) is 6.07 Å². The number of rotatable bonds is 3. The minimum Gasteiger partial charge on any atom is -0.507 e. The van der Waals surface area contributed by atoms with Crippen LogP contribution in [0, 0.1) is 5.92 Å². The molecule has 0 aliphatic carbocycles. The number of benzene rings is 1. The van der Waals surface area contributed by atoms with Gasteiger partial charge in [0.2, 0.25) is 0 Å². The molecule has 0 spiro atoms. The first-order valence-corrected chi connectivity index (χ1v) is 6.46. The normalized spacial score (nSPS) is 21.6. The molecule has 0 radical (unpaired) electrons. The first-order valence-electron chi connectivity index (χ1n) is 6.46. The third-order valence-electron chi connectivity index (χ3n) is 3.54. The molecule has 1 fully saturated rings. The highest BCUT2D eigenvalue weighted by Crippen LogP contribution is 2.40. The van der Waals surface area contributed by atoms with E-state index in [0.717, 1.165) is 32.4 Å². The van der Waals surface area contributed by atoms with Gasteiger partial charge in [0.1, 0.15) is 5.75 Å². The number of alkyl halides is 2. The lowest BCUT2D eigenvalue weighted by Gasteiger charge is -2.23. The maximum atomic E-state index is 14.2. The van der Waals surface area contributed by atoms with Gasteiger partial charge >= 0.3 is 0 Å². The van der Waals surface area contributed by atoms with Crippen LogP contribution in [0.5, 0.6) is 5.75 Å². The van der Waals surface area contributed by atoms with Gasteiger partial charge in [0.25, 0.3) is 5.92 Å². The van der Waals surface area contributed by atoms with Crippen LogP contribution in [0.15, 0.2) is 24.3 Å². The predicted molar refractivity (Wildman–Crippen MR) is 66.8 cm³/mol. The van der Waals surface area contributed by atoms with Crippen molar-refractivity contribution in [1.29, 1.82) is 0 Å². The van der Waals surface area contributed by atoms with Crippen LogP contribution in [-0.2, 0) is 5.92 Å². The van der Waals surface area contributed by atoms with Crippen LogP contribution >= 0.6 is 0 Å². The standard InChI is InChI=1S/C14H19F2NO/c15-14(16,12-5-1-2-6-13(12)18)10-11-4-3-8-17-9-7-11/h1-2,5-6,11,17-18H,3-4,7-10H2. The number of aromatic hydroxyl groups is 1. The van der Waals surface area contributed by atoms with Gasteiger partial charge in [-0.2, -0.15) is 0 Å². The molecule has 0 saturated carbocycles. The molecule has 100 valence electrons. The second kappa shape index (κ2) is 5.65. The molecular formula is C14H19F2NO. The van der Waals surface area contributed by atoms with Crippen LogP contribution in [-0.4, -0.2) is 18.2 Å². The van der Waals surface area contributed by atoms with E-state index in [2.05, 4.69) is 5.32 Å². The average molecular weight is 255 g/mol. The Morgan fingerprint density at radius 2 is 2.00 bits per heavy atom. The Balaban J connectivity index is 2.08. The van der Waals surface area contributed by atoms with Crippen molar-refractivity contribution in [2.45, 2.75) is 31.6 Å². The van der Waals surface area contributed by atoms with E-state index in [9.17, 15) is 13.9 Å². The number of halogens is 2. The van der Waals surface area contributed by atoms with E-state index in [0.29, 0.717) is 0 Å². The van der Waals surface area contributed by atoms with Crippen LogP contribution in [0.2, 0.25) is 0 Å². The summed E-state index contributed by atoms with van der Waals surface area (Å²) < 4.78 is 28.3. The molecule has 2 N–H and O–H groups in total. The van der Waals surface area contributed by atoms with Crippen LogP contribution in [0.1, 0.15) is 31.2 Å². The molecule has 0 aromatic heterocycles. The molecule has 18 heavy (non-hydrogen) atoms. The van der Waals surface area contributed by atoms with Gasteiger partial charge in [-0.05, 0) is 50.4 Å². The topological polar surface area (TPSA) is 32.3 Å². The summed E-state index contributed by atoms with van der Waals surface area (Å²) in [5.41, 5.74) is -0.248. The van der Waals surface area contributed by atoms with Crippen LogP contribution in [0.25, 0.3) is 0 Å². The van der Waals surface area contributed by atoms with E-state index in [1.807, 2.05) is 0 Å². The summed E-state index contributed by atoms with van der Waals surface area (Å²) in [6, 6.07) is 5.73. The summed E-state index contributed by atoms with van der Waals surface area (Å²) in [7, 11) is 0. The fraction of sp³-hybridized carbons (Fsp3) is 0.571. The molecule has 1 aromatic carbocycles. The predicted octanol–water partition coefficient (Wildman–Crippen LogP) is 3.26. The molecule has 4 heteroatoms. The summed E-state index contributed by atoms with van der Waals surface area (Å²) in [5.74, 6) is -3.23. The van der Waals surface area contributed by atoms with Crippen molar-refractivity contribution in [3.63, 3.8) is 0 Å². The quantitative estimate of drug-likeness (QED) is 0.869. The molecule has 0 amide bonds. The summed E-state index contributed by atoms with van der Waals surface area (Å²) in [6.45, 7) is 1.72. The zero-order chi connectivity index (χ0) is 13.0. The van der Waals surface area contributed by atoms with Gasteiger partial charge in [-0.3, -0.25) is 0 Å². The van der Waals surface area contributed by atoms with E-state index in [1.165, 1.54) is 18.2 Å². The fourth-order valence-electron chi connectivity index (χ4n) is 2.55. The van der Waals surface area contributed by atoms with Crippen molar-refractivity contribution >= 4 is 0 Å². The first kappa shape index (κ1) is 13.3. The largest absolute Gasteiger partial charge is 0.507 e. The highest BCUT2D eigenvalue weighted by molar-refractivity contribution is 5.35. The molecule has 2 rings (SSSR count). The monoisotopic (exact) mass is 255 g/mol. The van der Waals surface area contributed by atoms with Crippen molar-refractivity contribution < 1.29 is 13.9 Å². The smallest absolute Gasteiger partial charge is 0.277 e. The Bertz CT molecular complexity index is 387. The molecule has 1 aromatic rings. The number of phenols is 1. The molecular weight excluding hydrogens is 236 g/mol. The van der Waals surface area contributed by atoms with Gasteiger partial charge in [-0.1, -0.05) is 12.1 Å². The fourth-order valence-corrected chi connectivity index (χ4v) is 2.55. The number of phenolic OH excluding ortho intramolecular Hbond substituents is 1.